The fourth-order valence-electron chi connectivity index (χ4n) is 4.98. The van der Waals surface area contributed by atoms with E-state index in [2.05, 4.69) is 34.2 Å². The Balaban J connectivity index is 1.26. The maximum absolute atomic E-state index is 6.70. The number of nitrogens with zero attached hydrogens (tertiary/aromatic N) is 3. The molecule has 1 fully saturated rings. The van der Waals surface area contributed by atoms with Crippen molar-refractivity contribution in [2.24, 2.45) is 11.1 Å². The van der Waals surface area contributed by atoms with Crippen molar-refractivity contribution in [3.05, 3.63) is 75.9 Å². The summed E-state index contributed by atoms with van der Waals surface area (Å²) in [4.78, 5) is 14.1. The number of pyridine rings is 1. The number of halogens is 2. The zero-order chi connectivity index (χ0) is 20.7. The van der Waals surface area contributed by atoms with Gasteiger partial charge in [0.1, 0.15) is 10.2 Å². The summed E-state index contributed by atoms with van der Waals surface area (Å²) in [5, 5.41) is 1.54. The fourth-order valence-corrected chi connectivity index (χ4v) is 6.17. The van der Waals surface area contributed by atoms with Gasteiger partial charge >= 0.3 is 0 Å². The van der Waals surface area contributed by atoms with Gasteiger partial charge < -0.3 is 5.73 Å². The molecule has 2 N–H and O–H groups in total. The van der Waals surface area contributed by atoms with Crippen LogP contribution in [-0.4, -0.2) is 15.0 Å². The Morgan fingerprint density at radius 3 is 2.53 bits per heavy atom. The fraction of sp³-hybridized carbons (Fsp3) is 0.348. The molecule has 3 aromatic rings. The van der Waals surface area contributed by atoms with Crippen LogP contribution in [0.5, 0.6) is 0 Å². The van der Waals surface area contributed by atoms with Gasteiger partial charge in [-0.3, -0.25) is 4.98 Å². The number of nitrogens with two attached hydrogens (primary N) is 1. The third-order valence-electron chi connectivity index (χ3n) is 6.67. The molecule has 0 unspecified atom stereocenters. The minimum Gasteiger partial charge on any atom is -0.323 e. The van der Waals surface area contributed by atoms with Gasteiger partial charge in [-0.15, -0.1) is 0 Å². The number of aromatic nitrogens is 3. The van der Waals surface area contributed by atoms with E-state index in [1.54, 1.807) is 6.20 Å². The normalized spacial score (nSPS) is 25.4. The Morgan fingerprint density at radius 2 is 1.80 bits per heavy atom. The summed E-state index contributed by atoms with van der Waals surface area (Å²) in [6.07, 6.45) is 11.0. The van der Waals surface area contributed by atoms with Crippen LogP contribution in [0.25, 0.3) is 0 Å². The van der Waals surface area contributed by atoms with E-state index < -0.39 is 0 Å². The van der Waals surface area contributed by atoms with Gasteiger partial charge in [-0.2, -0.15) is 0 Å². The smallest absolute Gasteiger partial charge is 0.148 e. The largest absolute Gasteiger partial charge is 0.323 e. The maximum atomic E-state index is 6.70. The number of benzene rings is 1. The van der Waals surface area contributed by atoms with Crippen molar-refractivity contribution in [3.8, 4) is 0 Å². The van der Waals surface area contributed by atoms with Gasteiger partial charge in [0.05, 0.1) is 23.1 Å². The number of rotatable bonds is 3. The van der Waals surface area contributed by atoms with Gasteiger partial charge in [-0.05, 0) is 54.7 Å². The first-order valence-electron chi connectivity index (χ1n) is 10.2. The molecule has 2 aliphatic rings. The van der Waals surface area contributed by atoms with E-state index in [0.29, 0.717) is 16.1 Å². The molecule has 30 heavy (non-hydrogen) atoms. The van der Waals surface area contributed by atoms with Crippen LogP contribution in [0.1, 0.15) is 54.5 Å². The standard InChI is InChI=1S/C23H22Cl2N4S/c24-20-18(7-10-27-22(20)25)30-19-13-28-17(12-29-19)14-5-8-23(9-6-14)11-15-3-1-2-4-16(15)21(23)26/h1-4,7,10,12-14,21H,5-6,8-9,11,26H2/t14-,21-,23-/m0/s1. The Morgan fingerprint density at radius 1 is 1.00 bits per heavy atom. The topological polar surface area (TPSA) is 64.7 Å². The van der Waals surface area contributed by atoms with Crippen LogP contribution >= 0.6 is 35.0 Å². The molecule has 2 heterocycles. The van der Waals surface area contributed by atoms with E-state index in [1.165, 1.54) is 22.9 Å². The zero-order valence-electron chi connectivity index (χ0n) is 16.4. The Bertz CT molecular complexity index is 1070. The van der Waals surface area contributed by atoms with E-state index in [0.717, 1.165) is 47.7 Å². The van der Waals surface area contributed by atoms with Crippen LogP contribution < -0.4 is 5.73 Å². The van der Waals surface area contributed by atoms with Crippen LogP contribution in [0.4, 0.5) is 0 Å². The highest BCUT2D eigenvalue weighted by Gasteiger charge is 2.46. The molecular formula is C23H22Cl2N4S. The van der Waals surface area contributed by atoms with Crippen molar-refractivity contribution in [3.63, 3.8) is 0 Å². The first-order valence-corrected chi connectivity index (χ1v) is 11.8. The monoisotopic (exact) mass is 456 g/mol. The van der Waals surface area contributed by atoms with Gasteiger partial charge in [0, 0.05) is 23.1 Å². The molecule has 0 aliphatic heterocycles. The van der Waals surface area contributed by atoms with E-state index in [-0.39, 0.29) is 11.5 Å². The van der Waals surface area contributed by atoms with Crippen molar-refractivity contribution in [2.75, 3.05) is 0 Å². The molecule has 4 nitrogen and oxygen atoms in total. The highest BCUT2D eigenvalue weighted by atomic mass is 35.5. The molecule has 1 atom stereocenters. The van der Waals surface area contributed by atoms with Crippen molar-refractivity contribution in [1.82, 2.24) is 15.0 Å². The van der Waals surface area contributed by atoms with Crippen molar-refractivity contribution >= 4 is 35.0 Å². The molecule has 5 rings (SSSR count). The molecule has 1 saturated carbocycles. The van der Waals surface area contributed by atoms with Gasteiger partial charge in [0.15, 0.2) is 0 Å². The van der Waals surface area contributed by atoms with E-state index in [9.17, 15) is 0 Å². The van der Waals surface area contributed by atoms with Crippen molar-refractivity contribution in [1.29, 1.82) is 0 Å². The molecule has 154 valence electrons. The lowest BCUT2D eigenvalue weighted by Gasteiger charge is -2.40. The third kappa shape index (κ3) is 3.62. The quantitative estimate of drug-likeness (QED) is 0.473. The van der Waals surface area contributed by atoms with Gasteiger partial charge in [-0.25, -0.2) is 9.97 Å². The summed E-state index contributed by atoms with van der Waals surface area (Å²) in [6, 6.07) is 10.6. The lowest BCUT2D eigenvalue weighted by Crippen LogP contribution is -2.35. The van der Waals surface area contributed by atoms with Crippen LogP contribution in [0.3, 0.4) is 0 Å². The summed E-state index contributed by atoms with van der Waals surface area (Å²) in [6.45, 7) is 0. The highest BCUT2D eigenvalue weighted by Crippen LogP contribution is 2.55. The van der Waals surface area contributed by atoms with Crippen LogP contribution in [0.15, 0.2) is 58.8 Å². The highest BCUT2D eigenvalue weighted by molar-refractivity contribution is 7.99. The Kier molecular flexibility index (Phi) is 5.48. The second-order valence-corrected chi connectivity index (χ2v) is 10.1. The van der Waals surface area contributed by atoms with Gasteiger partial charge in [-0.1, -0.05) is 59.2 Å². The molecule has 1 spiro atoms. The van der Waals surface area contributed by atoms with Crippen molar-refractivity contribution in [2.45, 2.75) is 54.0 Å². The first kappa shape index (κ1) is 20.3. The third-order valence-corrected chi connectivity index (χ3v) is 8.52. The molecule has 1 aromatic carbocycles. The lowest BCUT2D eigenvalue weighted by molar-refractivity contribution is 0.148. The molecule has 7 heteroatoms. The minimum absolute atomic E-state index is 0.149. The second-order valence-electron chi connectivity index (χ2n) is 8.29. The SMILES string of the molecule is N[C@H]1c2ccccc2C[C@]12CC[C@@H](c1cnc(Sc3ccnc(Cl)c3Cl)cn1)CC2. The average molecular weight is 457 g/mol. The van der Waals surface area contributed by atoms with Gasteiger partial charge in [0.2, 0.25) is 0 Å². The predicted molar refractivity (Wildman–Crippen MR) is 121 cm³/mol. The van der Waals surface area contributed by atoms with Crippen LogP contribution in [0, 0.1) is 5.41 Å². The molecule has 0 saturated heterocycles. The maximum Gasteiger partial charge on any atom is 0.148 e. The summed E-state index contributed by atoms with van der Waals surface area (Å²) in [5.41, 5.74) is 10.7. The zero-order valence-corrected chi connectivity index (χ0v) is 18.7. The molecule has 2 aliphatic carbocycles. The molecule has 0 bridgehead atoms. The summed E-state index contributed by atoms with van der Waals surface area (Å²) in [5.74, 6) is 0.442. The van der Waals surface area contributed by atoms with Crippen LogP contribution in [0.2, 0.25) is 10.2 Å². The molecule has 0 amide bonds. The average Bonchev–Trinajstić information content (AvgIpc) is 3.04. The van der Waals surface area contributed by atoms with Crippen molar-refractivity contribution < 1.29 is 0 Å². The number of hydrogen-bond donors (Lipinski definition) is 1. The minimum atomic E-state index is 0.149. The Labute approximate surface area is 190 Å². The Hall–Kier alpha value is -1.66. The summed E-state index contributed by atoms with van der Waals surface area (Å²) < 4.78 is 0. The van der Waals surface area contributed by atoms with E-state index in [1.807, 2.05) is 18.5 Å². The lowest BCUT2D eigenvalue weighted by atomic mass is 9.66. The summed E-state index contributed by atoms with van der Waals surface area (Å²) >= 11 is 13.7. The molecular weight excluding hydrogens is 435 g/mol. The van der Waals surface area contributed by atoms with Crippen LogP contribution in [-0.2, 0) is 6.42 Å². The molecule has 2 aromatic heterocycles. The molecule has 0 radical (unpaired) electrons. The first-order chi connectivity index (χ1) is 14.6. The second kappa shape index (κ2) is 8.12. The van der Waals surface area contributed by atoms with E-state index >= 15 is 0 Å². The summed E-state index contributed by atoms with van der Waals surface area (Å²) in [7, 11) is 0. The van der Waals surface area contributed by atoms with E-state index in [4.69, 9.17) is 33.9 Å². The number of hydrogen-bond acceptors (Lipinski definition) is 5. The predicted octanol–water partition coefficient (Wildman–Crippen LogP) is 6.23. The van der Waals surface area contributed by atoms with Gasteiger partial charge in [0.25, 0.3) is 0 Å². The number of fused-ring (bicyclic) bond motifs is 1.